The molecule has 0 saturated heterocycles. The lowest BCUT2D eigenvalue weighted by atomic mass is 10.1. The minimum atomic E-state index is -3.20. The number of pyridine rings is 1. The lowest BCUT2D eigenvalue weighted by molar-refractivity contribution is -0.121. The van der Waals surface area contributed by atoms with Gasteiger partial charge in [0.05, 0.1) is 6.26 Å². The molecule has 0 saturated carbocycles. The van der Waals surface area contributed by atoms with Gasteiger partial charge in [0.2, 0.25) is 15.9 Å². The Morgan fingerprint density at radius 1 is 1.41 bits per heavy atom. The Labute approximate surface area is 133 Å². The SMILES string of the molecule is CC(C)N(CCCNC(=O)CCc1cccnc1)S(C)(=O)=O. The van der Waals surface area contributed by atoms with Gasteiger partial charge in [-0.05, 0) is 38.3 Å². The van der Waals surface area contributed by atoms with E-state index < -0.39 is 10.0 Å². The molecule has 0 aliphatic rings. The summed E-state index contributed by atoms with van der Waals surface area (Å²) in [4.78, 5) is 15.7. The van der Waals surface area contributed by atoms with E-state index in [2.05, 4.69) is 10.3 Å². The van der Waals surface area contributed by atoms with E-state index in [0.29, 0.717) is 32.4 Å². The van der Waals surface area contributed by atoms with E-state index in [0.717, 1.165) is 5.56 Å². The van der Waals surface area contributed by atoms with Crippen molar-refractivity contribution in [1.82, 2.24) is 14.6 Å². The monoisotopic (exact) mass is 327 g/mol. The summed E-state index contributed by atoms with van der Waals surface area (Å²) < 4.78 is 24.6. The molecule has 1 N–H and O–H groups in total. The summed E-state index contributed by atoms with van der Waals surface area (Å²) in [6.07, 6.45) is 6.32. The van der Waals surface area contributed by atoms with Crippen molar-refractivity contribution in [3.8, 4) is 0 Å². The second-order valence-corrected chi connectivity index (χ2v) is 7.47. The van der Waals surface area contributed by atoms with Crippen molar-refractivity contribution >= 4 is 15.9 Å². The standard InChI is InChI=1S/C15H25N3O3S/c1-13(2)18(22(3,20)21)11-5-10-17-15(19)8-7-14-6-4-9-16-12-14/h4,6,9,12-13H,5,7-8,10-11H2,1-3H3,(H,17,19). The van der Waals surface area contributed by atoms with Gasteiger partial charge in [0.15, 0.2) is 0 Å². The molecule has 22 heavy (non-hydrogen) atoms. The molecule has 1 heterocycles. The van der Waals surface area contributed by atoms with Crippen molar-refractivity contribution in [2.75, 3.05) is 19.3 Å². The largest absolute Gasteiger partial charge is 0.356 e. The number of aryl methyl sites for hydroxylation is 1. The summed E-state index contributed by atoms with van der Waals surface area (Å²) in [6, 6.07) is 3.71. The molecule has 0 fully saturated rings. The first-order chi connectivity index (χ1) is 10.3. The van der Waals surface area contributed by atoms with Crippen LogP contribution in [0.5, 0.6) is 0 Å². The molecule has 6 nitrogen and oxygen atoms in total. The lowest BCUT2D eigenvalue weighted by Crippen LogP contribution is -2.38. The van der Waals surface area contributed by atoms with Gasteiger partial charge in [0.25, 0.3) is 0 Å². The minimum absolute atomic E-state index is 0.0284. The average molecular weight is 327 g/mol. The highest BCUT2D eigenvalue weighted by Gasteiger charge is 2.19. The first-order valence-electron chi connectivity index (χ1n) is 7.43. The Morgan fingerprint density at radius 2 is 2.14 bits per heavy atom. The fourth-order valence-corrected chi connectivity index (χ4v) is 3.39. The first-order valence-corrected chi connectivity index (χ1v) is 9.28. The van der Waals surface area contributed by atoms with Crippen LogP contribution >= 0.6 is 0 Å². The maximum absolute atomic E-state index is 11.7. The smallest absolute Gasteiger partial charge is 0.220 e. The number of amides is 1. The average Bonchev–Trinajstić information content (AvgIpc) is 2.44. The fourth-order valence-electron chi connectivity index (χ4n) is 2.16. The number of nitrogens with one attached hydrogen (secondary N) is 1. The molecular weight excluding hydrogens is 302 g/mol. The van der Waals surface area contributed by atoms with Crippen LogP contribution in [-0.4, -0.2) is 49.0 Å². The van der Waals surface area contributed by atoms with E-state index in [1.807, 2.05) is 26.0 Å². The molecule has 7 heteroatoms. The van der Waals surface area contributed by atoms with E-state index in [-0.39, 0.29) is 11.9 Å². The Kier molecular flexibility index (Phi) is 7.47. The van der Waals surface area contributed by atoms with Gasteiger partial charge in [-0.1, -0.05) is 6.07 Å². The van der Waals surface area contributed by atoms with Crippen LogP contribution in [0.2, 0.25) is 0 Å². The van der Waals surface area contributed by atoms with Crippen LogP contribution < -0.4 is 5.32 Å². The van der Waals surface area contributed by atoms with E-state index in [1.54, 1.807) is 12.4 Å². The maximum Gasteiger partial charge on any atom is 0.220 e. The zero-order valence-corrected chi connectivity index (χ0v) is 14.3. The van der Waals surface area contributed by atoms with Crippen LogP contribution in [0.3, 0.4) is 0 Å². The summed E-state index contributed by atoms with van der Waals surface area (Å²) >= 11 is 0. The van der Waals surface area contributed by atoms with Gasteiger partial charge in [-0.3, -0.25) is 9.78 Å². The number of nitrogens with zero attached hydrogens (tertiary/aromatic N) is 2. The molecule has 1 aromatic heterocycles. The highest BCUT2D eigenvalue weighted by Crippen LogP contribution is 2.05. The molecule has 0 unspecified atom stereocenters. The highest BCUT2D eigenvalue weighted by atomic mass is 32.2. The van der Waals surface area contributed by atoms with Crippen LogP contribution in [0.1, 0.15) is 32.3 Å². The van der Waals surface area contributed by atoms with Crippen molar-refractivity contribution in [3.63, 3.8) is 0 Å². The van der Waals surface area contributed by atoms with Crippen molar-refractivity contribution < 1.29 is 13.2 Å². The number of sulfonamides is 1. The molecule has 0 aliphatic carbocycles. The Balaban J connectivity index is 2.25. The Morgan fingerprint density at radius 3 is 2.68 bits per heavy atom. The second-order valence-electron chi connectivity index (χ2n) is 5.53. The van der Waals surface area contributed by atoms with Crippen molar-refractivity contribution in [3.05, 3.63) is 30.1 Å². The number of rotatable bonds is 9. The van der Waals surface area contributed by atoms with Crippen LogP contribution in [0.15, 0.2) is 24.5 Å². The third-order valence-corrected chi connectivity index (χ3v) is 4.70. The normalized spacial score (nSPS) is 11.9. The highest BCUT2D eigenvalue weighted by molar-refractivity contribution is 7.88. The molecular formula is C15H25N3O3S. The topological polar surface area (TPSA) is 79.4 Å². The van der Waals surface area contributed by atoms with Gasteiger partial charge in [-0.25, -0.2) is 8.42 Å². The quantitative estimate of drug-likeness (QED) is 0.691. The molecule has 1 amide bonds. The number of hydrogen-bond donors (Lipinski definition) is 1. The zero-order valence-electron chi connectivity index (χ0n) is 13.4. The summed E-state index contributed by atoms with van der Waals surface area (Å²) in [6.45, 7) is 4.57. The van der Waals surface area contributed by atoms with Crippen molar-refractivity contribution in [2.24, 2.45) is 0 Å². The fraction of sp³-hybridized carbons (Fsp3) is 0.600. The third-order valence-electron chi connectivity index (χ3n) is 3.24. The molecule has 1 aromatic rings. The first kappa shape index (κ1) is 18.6. The van der Waals surface area contributed by atoms with Gasteiger partial charge in [-0.15, -0.1) is 0 Å². The van der Waals surface area contributed by atoms with E-state index in [9.17, 15) is 13.2 Å². The maximum atomic E-state index is 11.7. The summed E-state index contributed by atoms with van der Waals surface area (Å²) in [5.41, 5.74) is 1.03. The van der Waals surface area contributed by atoms with Crippen molar-refractivity contribution in [2.45, 2.75) is 39.2 Å². The lowest BCUT2D eigenvalue weighted by Gasteiger charge is -2.23. The molecule has 0 spiro atoms. The predicted molar refractivity (Wildman–Crippen MR) is 86.9 cm³/mol. The minimum Gasteiger partial charge on any atom is -0.356 e. The summed E-state index contributed by atoms with van der Waals surface area (Å²) in [7, 11) is -3.20. The summed E-state index contributed by atoms with van der Waals surface area (Å²) in [5.74, 6) is -0.0284. The van der Waals surface area contributed by atoms with E-state index in [4.69, 9.17) is 0 Å². The van der Waals surface area contributed by atoms with Crippen LogP contribution in [0.25, 0.3) is 0 Å². The Hall–Kier alpha value is -1.47. The molecule has 0 aromatic carbocycles. The predicted octanol–water partition coefficient (Wildman–Crippen LogP) is 1.19. The van der Waals surface area contributed by atoms with Gasteiger partial charge in [0.1, 0.15) is 0 Å². The molecule has 1 rings (SSSR count). The number of aromatic nitrogens is 1. The van der Waals surface area contributed by atoms with Crippen LogP contribution in [0, 0.1) is 0 Å². The van der Waals surface area contributed by atoms with Crippen LogP contribution in [-0.2, 0) is 21.2 Å². The van der Waals surface area contributed by atoms with Crippen LogP contribution in [0.4, 0.5) is 0 Å². The Bertz CT molecular complexity index is 559. The molecule has 0 radical (unpaired) electrons. The van der Waals surface area contributed by atoms with Gasteiger partial charge in [0, 0.05) is 37.9 Å². The van der Waals surface area contributed by atoms with Gasteiger partial charge in [-0.2, -0.15) is 4.31 Å². The number of hydrogen-bond acceptors (Lipinski definition) is 4. The molecule has 0 aliphatic heterocycles. The molecule has 0 atom stereocenters. The van der Waals surface area contributed by atoms with E-state index in [1.165, 1.54) is 10.6 Å². The zero-order chi connectivity index (χ0) is 16.6. The number of carbonyl (C=O) groups excluding carboxylic acids is 1. The van der Waals surface area contributed by atoms with Crippen molar-refractivity contribution in [1.29, 1.82) is 0 Å². The van der Waals surface area contributed by atoms with E-state index >= 15 is 0 Å². The summed E-state index contributed by atoms with van der Waals surface area (Å²) in [5, 5.41) is 2.82. The third kappa shape index (κ3) is 7.00. The number of carbonyl (C=O) groups is 1. The molecule has 0 bridgehead atoms. The second kappa shape index (κ2) is 8.85. The van der Waals surface area contributed by atoms with Gasteiger partial charge >= 0.3 is 0 Å². The van der Waals surface area contributed by atoms with Gasteiger partial charge < -0.3 is 5.32 Å². The molecule has 124 valence electrons.